The first-order valence-electron chi connectivity index (χ1n) is 12.0. The van der Waals surface area contributed by atoms with Gasteiger partial charge in [0.15, 0.2) is 0 Å². The van der Waals surface area contributed by atoms with E-state index in [1.165, 1.54) is 28.5 Å². The van der Waals surface area contributed by atoms with Crippen LogP contribution in [0.1, 0.15) is 48.0 Å². The number of fused-ring (bicyclic) bond motifs is 2. The van der Waals surface area contributed by atoms with Gasteiger partial charge in [0.25, 0.3) is 0 Å². The number of anilines is 2. The lowest BCUT2D eigenvalue weighted by Crippen LogP contribution is -2.37. The molecule has 4 aromatic rings. The second kappa shape index (κ2) is 11.0. The van der Waals surface area contributed by atoms with Crippen LogP contribution >= 0.6 is 12.4 Å². The molecule has 1 aliphatic heterocycles. The summed E-state index contributed by atoms with van der Waals surface area (Å²) in [5.41, 5.74) is 2.63. The van der Waals surface area contributed by atoms with Crippen molar-refractivity contribution < 1.29 is 19.0 Å². The Bertz CT molecular complexity index is 1370. The zero-order valence-electron chi connectivity index (χ0n) is 20.1. The van der Waals surface area contributed by atoms with Gasteiger partial charge in [0.1, 0.15) is 17.7 Å². The first-order chi connectivity index (χ1) is 17.0. The summed E-state index contributed by atoms with van der Waals surface area (Å²) < 4.78 is 20.6. The van der Waals surface area contributed by atoms with Gasteiger partial charge in [0, 0.05) is 5.69 Å². The zero-order chi connectivity index (χ0) is 24.4. The number of rotatable bonds is 7. The fourth-order valence-corrected chi connectivity index (χ4v) is 5.03. The molecule has 0 spiro atoms. The summed E-state index contributed by atoms with van der Waals surface area (Å²) in [5, 5.41) is 12.0. The average molecular weight is 506 g/mol. The van der Waals surface area contributed by atoms with E-state index in [-0.39, 0.29) is 24.1 Å². The van der Waals surface area contributed by atoms with Gasteiger partial charge in [-0.25, -0.2) is 9.18 Å². The van der Waals surface area contributed by atoms with Crippen molar-refractivity contribution in [1.82, 2.24) is 0 Å². The van der Waals surface area contributed by atoms with Crippen molar-refractivity contribution in [3.05, 3.63) is 102 Å². The van der Waals surface area contributed by atoms with E-state index in [1.807, 2.05) is 29.2 Å². The maximum absolute atomic E-state index is 14.3. The summed E-state index contributed by atoms with van der Waals surface area (Å²) >= 11 is 0. The normalized spacial score (nSPS) is 15.5. The fourth-order valence-electron chi connectivity index (χ4n) is 5.03. The van der Waals surface area contributed by atoms with Gasteiger partial charge in [0.2, 0.25) is 0 Å². The minimum atomic E-state index is -1.15. The highest BCUT2D eigenvalue weighted by atomic mass is 35.5. The molecular weight excluding hydrogens is 477 g/mol. The van der Waals surface area contributed by atoms with E-state index >= 15 is 0 Å². The number of ether oxygens (including phenoxy) is 1. The molecule has 0 saturated heterocycles. The van der Waals surface area contributed by atoms with E-state index in [4.69, 9.17) is 4.74 Å². The second-order valence-electron chi connectivity index (χ2n) is 9.22. The van der Waals surface area contributed by atoms with Gasteiger partial charge in [-0.3, -0.25) is 0 Å². The van der Waals surface area contributed by atoms with Gasteiger partial charge in [-0.1, -0.05) is 61.5 Å². The van der Waals surface area contributed by atoms with Crippen molar-refractivity contribution in [2.75, 3.05) is 11.4 Å². The Morgan fingerprint density at radius 3 is 2.64 bits per heavy atom. The molecule has 4 nitrogen and oxygen atoms in total. The third kappa shape index (κ3) is 5.31. The topological polar surface area (TPSA) is 49.8 Å². The first kappa shape index (κ1) is 25.5. The van der Waals surface area contributed by atoms with Crippen molar-refractivity contribution in [2.24, 2.45) is 0 Å². The van der Waals surface area contributed by atoms with Crippen LogP contribution in [0.3, 0.4) is 0 Å². The number of carbonyl (C=O) groups is 1. The largest absolute Gasteiger partial charge is 0.486 e. The predicted molar refractivity (Wildman–Crippen MR) is 145 cm³/mol. The minimum Gasteiger partial charge on any atom is -0.486 e. The molecule has 0 radical (unpaired) electrons. The average Bonchev–Trinajstić information content (AvgIpc) is 2.87. The molecular formula is C30H29ClFNO3. The van der Waals surface area contributed by atoms with Gasteiger partial charge in [-0.05, 0) is 71.8 Å². The molecule has 1 aliphatic rings. The molecule has 186 valence electrons. The minimum absolute atomic E-state index is 0. The molecule has 0 saturated carbocycles. The Hall–Kier alpha value is -3.57. The quantitative estimate of drug-likeness (QED) is 0.276. The lowest BCUT2D eigenvalue weighted by atomic mass is 9.90. The molecule has 0 aromatic heterocycles. The molecule has 4 aromatic carbocycles. The lowest BCUT2D eigenvalue weighted by Gasteiger charge is -2.36. The number of benzene rings is 4. The molecule has 1 unspecified atom stereocenters. The smallest absolute Gasteiger partial charge is 0.335 e. The van der Waals surface area contributed by atoms with Gasteiger partial charge in [-0.15, -0.1) is 12.4 Å². The van der Waals surface area contributed by atoms with E-state index in [9.17, 15) is 14.3 Å². The standard InChI is InChI=1S/C30H28FNO3.ClH/c1-20(26-13-7-10-21-9-2-3-12-27(21)26)8-6-11-25-19-32(28-14-4-5-15-29(28)35-25)24-17-22(30(33)34)16-23(31)18-24;/h2-5,7,9-10,12-18,20,25H,6,8,11,19H2,1H3,(H,33,34);1H/t20-,25?;/m0./s1. The van der Waals surface area contributed by atoms with Crippen LogP contribution in [0.25, 0.3) is 10.8 Å². The number of para-hydroxylation sites is 2. The molecule has 0 amide bonds. The van der Waals surface area contributed by atoms with E-state index in [0.717, 1.165) is 36.8 Å². The Morgan fingerprint density at radius 1 is 1.06 bits per heavy atom. The molecule has 36 heavy (non-hydrogen) atoms. The fraction of sp³-hybridized carbons (Fsp3) is 0.233. The maximum atomic E-state index is 14.3. The summed E-state index contributed by atoms with van der Waals surface area (Å²) in [6.45, 7) is 2.80. The summed E-state index contributed by atoms with van der Waals surface area (Å²) in [5.74, 6) is -0.572. The van der Waals surface area contributed by atoms with Crippen molar-refractivity contribution in [1.29, 1.82) is 0 Å². The predicted octanol–water partition coefficient (Wildman–Crippen LogP) is 7.97. The van der Waals surface area contributed by atoms with Crippen LogP contribution in [0, 0.1) is 5.82 Å². The summed E-state index contributed by atoms with van der Waals surface area (Å²) in [7, 11) is 0. The van der Waals surface area contributed by atoms with Gasteiger partial charge in [-0.2, -0.15) is 0 Å². The Balaban J connectivity index is 0.00000304. The summed E-state index contributed by atoms with van der Waals surface area (Å²) in [6.07, 6.45) is 2.77. The number of halogens is 2. The molecule has 2 atom stereocenters. The summed E-state index contributed by atoms with van der Waals surface area (Å²) in [6, 6.07) is 26.6. The van der Waals surface area contributed by atoms with Crippen LogP contribution in [0.15, 0.2) is 84.9 Å². The van der Waals surface area contributed by atoms with E-state index in [0.29, 0.717) is 18.2 Å². The highest BCUT2D eigenvalue weighted by molar-refractivity contribution is 5.89. The number of nitrogens with zero attached hydrogens (tertiary/aromatic N) is 1. The molecule has 5 rings (SSSR count). The number of hydrogen-bond acceptors (Lipinski definition) is 3. The van der Waals surface area contributed by atoms with Crippen molar-refractivity contribution in [2.45, 2.75) is 38.2 Å². The Labute approximate surface area is 216 Å². The van der Waals surface area contributed by atoms with Crippen LogP contribution in [0.4, 0.5) is 15.8 Å². The van der Waals surface area contributed by atoms with E-state index < -0.39 is 11.8 Å². The number of hydrogen-bond donors (Lipinski definition) is 1. The van der Waals surface area contributed by atoms with Crippen molar-refractivity contribution >= 4 is 40.5 Å². The van der Waals surface area contributed by atoms with Crippen LogP contribution in [-0.4, -0.2) is 23.7 Å². The van der Waals surface area contributed by atoms with Crippen LogP contribution in [0.2, 0.25) is 0 Å². The monoisotopic (exact) mass is 505 g/mol. The second-order valence-corrected chi connectivity index (χ2v) is 9.22. The van der Waals surface area contributed by atoms with Crippen molar-refractivity contribution in [3.63, 3.8) is 0 Å². The lowest BCUT2D eigenvalue weighted by molar-refractivity contribution is 0.0696. The van der Waals surface area contributed by atoms with Crippen LogP contribution in [-0.2, 0) is 0 Å². The van der Waals surface area contributed by atoms with Gasteiger partial charge < -0.3 is 14.7 Å². The Kier molecular flexibility index (Phi) is 7.80. The number of carboxylic acid groups (broad SMARTS) is 1. The first-order valence-corrected chi connectivity index (χ1v) is 12.0. The molecule has 0 aliphatic carbocycles. The molecule has 0 bridgehead atoms. The maximum Gasteiger partial charge on any atom is 0.335 e. The third-order valence-electron chi connectivity index (χ3n) is 6.79. The van der Waals surface area contributed by atoms with E-state index in [2.05, 4.69) is 49.4 Å². The van der Waals surface area contributed by atoms with Crippen molar-refractivity contribution in [3.8, 4) is 5.75 Å². The van der Waals surface area contributed by atoms with Gasteiger partial charge >= 0.3 is 5.97 Å². The Morgan fingerprint density at radius 2 is 1.81 bits per heavy atom. The molecule has 1 N–H and O–H groups in total. The number of aromatic carboxylic acids is 1. The SMILES string of the molecule is C[C@@H](CCCC1CN(c2cc(F)cc(C(=O)O)c2)c2ccccc2O1)c1cccc2ccccc12.Cl. The van der Waals surface area contributed by atoms with Gasteiger partial charge in [0.05, 0.1) is 17.8 Å². The number of carboxylic acids is 1. The highest BCUT2D eigenvalue weighted by Gasteiger charge is 2.27. The van der Waals surface area contributed by atoms with E-state index in [1.54, 1.807) is 0 Å². The summed E-state index contributed by atoms with van der Waals surface area (Å²) in [4.78, 5) is 13.5. The molecule has 1 heterocycles. The molecule has 6 heteroatoms. The third-order valence-corrected chi connectivity index (χ3v) is 6.79. The van der Waals surface area contributed by atoms with Crippen LogP contribution in [0.5, 0.6) is 5.75 Å². The highest BCUT2D eigenvalue weighted by Crippen LogP contribution is 2.39. The zero-order valence-corrected chi connectivity index (χ0v) is 20.9. The van der Waals surface area contributed by atoms with Crippen LogP contribution < -0.4 is 9.64 Å². The molecule has 0 fully saturated rings.